The van der Waals surface area contributed by atoms with Crippen molar-refractivity contribution in [1.29, 1.82) is 0 Å². The van der Waals surface area contributed by atoms with Crippen LogP contribution in [0, 0.1) is 5.82 Å². The first kappa shape index (κ1) is 25.2. The molecule has 9 nitrogen and oxygen atoms in total. The van der Waals surface area contributed by atoms with E-state index in [2.05, 4.69) is 0 Å². The largest absolute Gasteiger partial charge is 0.494 e. The normalized spacial score (nSPS) is 19.5. The molecule has 2 aromatic rings. The van der Waals surface area contributed by atoms with Gasteiger partial charge in [0.2, 0.25) is 15.9 Å². The molecular weight excluding hydrogens is 477 g/mol. The molecule has 0 aromatic heterocycles. The zero-order chi connectivity index (χ0) is 25.0. The van der Waals surface area contributed by atoms with E-state index >= 15 is 0 Å². The highest BCUT2D eigenvalue weighted by molar-refractivity contribution is 7.89. The van der Waals surface area contributed by atoms with Crippen molar-refractivity contribution in [3.8, 4) is 5.75 Å². The number of halogens is 1. The van der Waals surface area contributed by atoms with Crippen molar-refractivity contribution in [2.75, 3.05) is 50.9 Å². The fraction of sp³-hybridized carbons (Fsp3) is 0.417. The second kappa shape index (κ2) is 10.8. The van der Waals surface area contributed by atoms with Crippen molar-refractivity contribution in [2.45, 2.75) is 24.3 Å². The van der Waals surface area contributed by atoms with Crippen molar-refractivity contribution in [1.82, 2.24) is 9.21 Å². The van der Waals surface area contributed by atoms with Crippen LogP contribution in [0.15, 0.2) is 53.4 Å². The van der Waals surface area contributed by atoms with Gasteiger partial charge in [-0.05, 0) is 55.5 Å². The summed E-state index contributed by atoms with van der Waals surface area (Å²) < 4.78 is 52.4. The number of benzene rings is 2. The Labute approximate surface area is 204 Å². The van der Waals surface area contributed by atoms with Crippen LogP contribution in [0.25, 0.3) is 0 Å². The molecule has 4 rings (SSSR count). The van der Waals surface area contributed by atoms with Crippen LogP contribution < -0.4 is 9.64 Å². The Morgan fingerprint density at radius 2 is 1.71 bits per heavy atom. The molecule has 0 bridgehead atoms. The Bertz CT molecular complexity index is 1150. The number of morpholine rings is 1. The zero-order valence-electron chi connectivity index (χ0n) is 19.4. The second-order valence-electron chi connectivity index (χ2n) is 8.24. The molecule has 35 heavy (non-hydrogen) atoms. The third-order valence-corrected chi connectivity index (χ3v) is 7.96. The van der Waals surface area contributed by atoms with E-state index in [0.29, 0.717) is 50.9 Å². The van der Waals surface area contributed by atoms with Crippen molar-refractivity contribution in [3.63, 3.8) is 0 Å². The summed E-state index contributed by atoms with van der Waals surface area (Å²) >= 11 is 0. The second-order valence-corrected chi connectivity index (χ2v) is 10.1. The highest BCUT2D eigenvalue weighted by Crippen LogP contribution is 2.30. The van der Waals surface area contributed by atoms with Gasteiger partial charge in [-0.2, -0.15) is 4.31 Å². The maximum absolute atomic E-state index is 13.6. The molecular formula is C24H28FN3O6S. The van der Waals surface area contributed by atoms with E-state index in [-0.39, 0.29) is 17.9 Å². The maximum atomic E-state index is 13.6. The molecule has 2 saturated heterocycles. The number of hydrogen-bond donors (Lipinski definition) is 0. The van der Waals surface area contributed by atoms with Crippen LogP contribution in [-0.4, -0.2) is 81.5 Å². The number of nitrogens with zero attached hydrogens (tertiary/aromatic N) is 3. The van der Waals surface area contributed by atoms with Gasteiger partial charge in [-0.15, -0.1) is 0 Å². The first-order valence-corrected chi connectivity index (χ1v) is 12.9. The Kier molecular flexibility index (Phi) is 7.80. The molecule has 188 valence electrons. The number of carbonyl (C=O) groups is 2. The fourth-order valence-electron chi connectivity index (χ4n) is 4.22. The predicted molar refractivity (Wildman–Crippen MR) is 126 cm³/mol. The van der Waals surface area contributed by atoms with Crippen LogP contribution in [0.5, 0.6) is 5.75 Å². The minimum absolute atomic E-state index is 0.000510. The van der Waals surface area contributed by atoms with Gasteiger partial charge in [-0.1, -0.05) is 0 Å². The van der Waals surface area contributed by atoms with E-state index in [1.54, 1.807) is 24.3 Å². The van der Waals surface area contributed by atoms with Gasteiger partial charge >= 0.3 is 0 Å². The Morgan fingerprint density at radius 3 is 2.34 bits per heavy atom. The number of carbonyl (C=O) groups excluding carboxylic acids is 2. The van der Waals surface area contributed by atoms with Crippen molar-refractivity contribution >= 4 is 27.5 Å². The van der Waals surface area contributed by atoms with E-state index in [9.17, 15) is 22.4 Å². The molecule has 11 heteroatoms. The summed E-state index contributed by atoms with van der Waals surface area (Å²) in [5, 5.41) is 0. The number of anilines is 1. The molecule has 2 aliphatic rings. The van der Waals surface area contributed by atoms with E-state index in [4.69, 9.17) is 9.47 Å². The minimum atomic E-state index is -4.19. The van der Waals surface area contributed by atoms with Crippen LogP contribution in [0.2, 0.25) is 0 Å². The Balaban J connectivity index is 1.62. The van der Waals surface area contributed by atoms with Crippen LogP contribution >= 0.6 is 0 Å². The van der Waals surface area contributed by atoms with Crippen molar-refractivity contribution < 1.29 is 31.9 Å². The molecule has 2 heterocycles. The monoisotopic (exact) mass is 505 g/mol. The van der Waals surface area contributed by atoms with Crippen LogP contribution in [0.3, 0.4) is 0 Å². The summed E-state index contributed by atoms with van der Waals surface area (Å²) in [6.45, 7) is 5.04. The molecule has 2 fully saturated rings. The molecule has 0 saturated carbocycles. The van der Waals surface area contributed by atoms with Gasteiger partial charge in [0.15, 0.2) is 0 Å². The number of hydrogen-bond acceptors (Lipinski definition) is 7. The van der Waals surface area contributed by atoms with E-state index < -0.39 is 33.7 Å². The van der Waals surface area contributed by atoms with Gasteiger partial charge in [-0.3, -0.25) is 14.5 Å². The summed E-state index contributed by atoms with van der Waals surface area (Å²) in [7, 11) is -4.19. The van der Waals surface area contributed by atoms with E-state index in [0.717, 1.165) is 33.5 Å². The lowest BCUT2D eigenvalue weighted by molar-refractivity contribution is -0.122. The lowest BCUT2D eigenvalue weighted by Gasteiger charge is -2.31. The SMILES string of the molecule is CCOc1ccc(N2C(=O)CC(N(CCN3CCOCC3)S(=O)(=O)c3ccc(F)cc3)C2=O)cc1. The van der Waals surface area contributed by atoms with Crippen LogP contribution in [0.4, 0.5) is 10.1 Å². The average Bonchev–Trinajstić information content (AvgIpc) is 3.14. The summed E-state index contributed by atoms with van der Waals surface area (Å²) in [4.78, 5) is 29.2. The number of amides is 2. The van der Waals surface area contributed by atoms with Crippen molar-refractivity contribution in [3.05, 3.63) is 54.3 Å². The topological polar surface area (TPSA) is 96.5 Å². The Morgan fingerprint density at radius 1 is 1.06 bits per heavy atom. The van der Waals surface area contributed by atoms with Gasteiger partial charge in [-0.25, -0.2) is 17.7 Å². The van der Waals surface area contributed by atoms with E-state index in [1.807, 2.05) is 11.8 Å². The highest BCUT2D eigenvalue weighted by Gasteiger charge is 2.47. The lowest BCUT2D eigenvalue weighted by atomic mass is 10.2. The van der Waals surface area contributed by atoms with Gasteiger partial charge in [0, 0.05) is 26.2 Å². The zero-order valence-corrected chi connectivity index (χ0v) is 20.2. The number of imide groups is 1. The molecule has 0 N–H and O–H groups in total. The maximum Gasteiger partial charge on any atom is 0.252 e. The number of ether oxygens (including phenoxy) is 2. The summed E-state index contributed by atoms with van der Waals surface area (Å²) in [6, 6.07) is 9.73. The third-order valence-electron chi connectivity index (χ3n) is 6.04. The summed E-state index contributed by atoms with van der Waals surface area (Å²) in [5.41, 5.74) is 0.346. The standard InChI is InChI=1S/C24H28FN3O6S/c1-2-34-20-7-5-19(6-8-20)28-23(29)17-22(24(28)30)27(12-11-26-13-15-33-16-14-26)35(31,32)21-9-3-18(25)4-10-21/h3-10,22H,2,11-17H2,1H3. The molecule has 0 aliphatic carbocycles. The molecule has 2 aromatic carbocycles. The Hall–Kier alpha value is -2.86. The van der Waals surface area contributed by atoms with E-state index in [1.165, 1.54) is 0 Å². The molecule has 0 spiro atoms. The number of rotatable bonds is 9. The van der Waals surface area contributed by atoms with Crippen molar-refractivity contribution in [2.24, 2.45) is 0 Å². The van der Waals surface area contributed by atoms with Gasteiger partial charge in [0.1, 0.15) is 17.6 Å². The quantitative estimate of drug-likeness (QED) is 0.480. The smallest absolute Gasteiger partial charge is 0.252 e. The molecule has 2 amide bonds. The lowest BCUT2D eigenvalue weighted by Crippen LogP contribution is -2.49. The highest BCUT2D eigenvalue weighted by atomic mass is 32.2. The van der Waals surface area contributed by atoms with Gasteiger partial charge in [0.05, 0.1) is 36.8 Å². The first-order valence-electron chi connectivity index (χ1n) is 11.5. The first-order chi connectivity index (χ1) is 16.8. The average molecular weight is 506 g/mol. The molecule has 0 radical (unpaired) electrons. The fourth-order valence-corrected chi connectivity index (χ4v) is 5.79. The third kappa shape index (κ3) is 5.53. The van der Waals surface area contributed by atoms with Gasteiger partial charge < -0.3 is 9.47 Å². The van der Waals surface area contributed by atoms with Crippen LogP contribution in [0.1, 0.15) is 13.3 Å². The summed E-state index contributed by atoms with van der Waals surface area (Å²) in [6.07, 6.45) is -0.282. The molecule has 1 unspecified atom stereocenters. The minimum Gasteiger partial charge on any atom is -0.494 e. The molecule has 2 aliphatic heterocycles. The number of sulfonamides is 1. The predicted octanol–water partition coefficient (Wildman–Crippen LogP) is 1.88. The summed E-state index contributed by atoms with van der Waals surface area (Å²) in [5.74, 6) is -1.09. The molecule has 1 atom stereocenters. The van der Waals surface area contributed by atoms with Gasteiger partial charge in [0.25, 0.3) is 5.91 Å². The van der Waals surface area contributed by atoms with Crippen LogP contribution in [-0.2, 0) is 24.3 Å².